The molecule has 1 N–H and O–H groups in total. The highest BCUT2D eigenvalue weighted by Gasteiger charge is 2.70. The van der Waals surface area contributed by atoms with Crippen LogP contribution in [0.2, 0.25) is 0 Å². The Morgan fingerprint density at radius 3 is 2.48 bits per heavy atom. The van der Waals surface area contributed by atoms with Gasteiger partial charge in [-0.2, -0.15) is 0 Å². The number of esters is 3. The molecule has 146 valence electrons. The number of ether oxygens (including phenoxy) is 3. The van der Waals surface area contributed by atoms with Crippen LogP contribution in [0.1, 0.15) is 39.0 Å². The third-order valence-corrected chi connectivity index (χ3v) is 6.49. The van der Waals surface area contributed by atoms with Crippen molar-refractivity contribution in [1.82, 2.24) is 0 Å². The monoisotopic (exact) mass is 378 g/mol. The lowest BCUT2D eigenvalue weighted by Gasteiger charge is -2.33. The van der Waals surface area contributed by atoms with E-state index in [1.807, 2.05) is 0 Å². The van der Waals surface area contributed by atoms with Crippen LogP contribution in [0.3, 0.4) is 0 Å². The van der Waals surface area contributed by atoms with Gasteiger partial charge < -0.3 is 19.3 Å². The molecule has 6 atom stereocenters. The predicted molar refractivity (Wildman–Crippen MR) is 88.1 cm³/mol. The van der Waals surface area contributed by atoms with Gasteiger partial charge in [0.15, 0.2) is 0 Å². The van der Waals surface area contributed by atoms with E-state index in [2.05, 4.69) is 6.58 Å². The number of hydrogen-bond acceptors (Lipinski definition) is 7. The summed E-state index contributed by atoms with van der Waals surface area (Å²) in [5.74, 6) is -5.20. The van der Waals surface area contributed by atoms with Crippen LogP contribution in [-0.2, 0) is 33.4 Å². The quantitative estimate of drug-likeness (QED) is 0.431. The molecule has 1 aliphatic heterocycles. The van der Waals surface area contributed by atoms with Gasteiger partial charge in [-0.05, 0) is 39.0 Å². The number of carboxylic acid groups (broad SMARTS) is 1. The summed E-state index contributed by atoms with van der Waals surface area (Å²) in [4.78, 5) is 48.7. The first-order chi connectivity index (χ1) is 12.7. The summed E-state index contributed by atoms with van der Waals surface area (Å²) in [6, 6.07) is 0. The normalized spacial score (nSPS) is 37.7. The summed E-state index contributed by atoms with van der Waals surface area (Å²) in [5, 5.41) is 9.54. The fourth-order valence-corrected chi connectivity index (χ4v) is 5.27. The fourth-order valence-electron chi connectivity index (χ4n) is 5.27. The van der Waals surface area contributed by atoms with Crippen molar-refractivity contribution in [2.45, 2.75) is 56.8 Å². The van der Waals surface area contributed by atoms with Crippen molar-refractivity contribution in [2.75, 3.05) is 0 Å². The lowest BCUT2D eigenvalue weighted by Crippen LogP contribution is -2.49. The molecule has 2 bridgehead atoms. The van der Waals surface area contributed by atoms with Crippen molar-refractivity contribution in [3.63, 3.8) is 0 Å². The summed E-state index contributed by atoms with van der Waals surface area (Å²) in [6.45, 7) is 5.04. The minimum absolute atomic E-state index is 0.188. The van der Waals surface area contributed by atoms with Gasteiger partial charge in [0, 0.05) is 17.4 Å². The van der Waals surface area contributed by atoms with Crippen molar-refractivity contribution in [3.8, 4) is 0 Å². The highest BCUT2D eigenvalue weighted by atomic mass is 16.6. The molecule has 8 nitrogen and oxygen atoms in total. The first-order valence-corrected chi connectivity index (χ1v) is 9.28. The van der Waals surface area contributed by atoms with Crippen molar-refractivity contribution in [2.24, 2.45) is 23.7 Å². The molecule has 0 aromatic rings. The third kappa shape index (κ3) is 2.56. The zero-order valence-corrected chi connectivity index (χ0v) is 15.0. The Hall–Kier alpha value is -2.38. The van der Waals surface area contributed by atoms with Gasteiger partial charge >= 0.3 is 23.9 Å². The molecule has 8 heteroatoms. The SMILES string of the molecule is C=C(C)C(=O)OC1(C(=O)OC2C3CC4C2OC(=O)C4C3C(=O)O)CCCC1. The maximum atomic E-state index is 13.0. The third-order valence-electron chi connectivity index (χ3n) is 6.49. The van der Waals surface area contributed by atoms with Gasteiger partial charge in [0.2, 0.25) is 5.60 Å². The van der Waals surface area contributed by atoms with Crippen LogP contribution < -0.4 is 0 Å². The number of rotatable bonds is 5. The van der Waals surface area contributed by atoms with Crippen molar-refractivity contribution >= 4 is 23.9 Å². The average Bonchev–Trinajstić information content (AvgIpc) is 3.32. The number of carbonyl (C=O) groups excluding carboxylic acids is 3. The summed E-state index contributed by atoms with van der Waals surface area (Å²) in [6.07, 6.45) is 1.19. The standard InChI is InChI=1S/C19H22O8/c1-8(2)16(22)27-19(5-3-4-6-19)18(24)26-14-9-7-10-12(11(9)15(20)21)17(23)25-13(10)14/h9-14H,1,3-7H2,2H3,(H,20,21). The molecule has 6 unspecified atom stereocenters. The molecule has 27 heavy (non-hydrogen) atoms. The number of carbonyl (C=O) groups is 4. The van der Waals surface area contributed by atoms with E-state index >= 15 is 0 Å². The van der Waals surface area contributed by atoms with Gasteiger partial charge in [0.1, 0.15) is 12.2 Å². The number of fused-ring (bicyclic) bond motifs is 1. The van der Waals surface area contributed by atoms with Crippen LogP contribution in [-0.4, -0.2) is 46.8 Å². The maximum Gasteiger partial charge on any atom is 0.351 e. The van der Waals surface area contributed by atoms with Crippen molar-refractivity contribution < 1.29 is 38.5 Å². The second-order valence-corrected chi connectivity index (χ2v) is 8.10. The lowest BCUT2D eigenvalue weighted by molar-refractivity contribution is -0.191. The molecule has 3 aliphatic carbocycles. The van der Waals surface area contributed by atoms with Crippen LogP contribution in [0.4, 0.5) is 0 Å². The molecule has 0 aromatic heterocycles. The van der Waals surface area contributed by atoms with Crippen LogP contribution in [0.25, 0.3) is 0 Å². The van der Waals surface area contributed by atoms with E-state index in [9.17, 15) is 24.3 Å². The van der Waals surface area contributed by atoms with Crippen LogP contribution in [0.5, 0.6) is 0 Å². The van der Waals surface area contributed by atoms with Crippen LogP contribution >= 0.6 is 0 Å². The van der Waals surface area contributed by atoms with Gasteiger partial charge in [0.05, 0.1) is 11.8 Å². The Labute approximate surface area is 155 Å². The van der Waals surface area contributed by atoms with E-state index < -0.39 is 59.4 Å². The zero-order valence-electron chi connectivity index (χ0n) is 15.0. The molecular weight excluding hydrogens is 356 g/mol. The van der Waals surface area contributed by atoms with Gasteiger partial charge in [0.25, 0.3) is 0 Å². The van der Waals surface area contributed by atoms with Crippen molar-refractivity contribution in [1.29, 1.82) is 0 Å². The van der Waals surface area contributed by atoms with E-state index in [1.54, 1.807) is 0 Å². The predicted octanol–water partition coefficient (Wildman–Crippen LogP) is 1.22. The molecule has 4 aliphatic rings. The van der Waals surface area contributed by atoms with Gasteiger partial charge in [-0.15, -0.1) is 0 Å². The Balaban J connectivity index is 1.55. The largest absolute Gasteiger partial charge is 0.481 e. The average molecular weight is 378 g/mol. The molecule has 0 amide bonds. The summed E-state index contributed by atoms with van der Waals surface area (Å²) >= 11 is 0. The molecule has 1 saturated heterocycles. The van der Waals surface area contributed by atoms with Crippen LogP contribution in [0, 0.1) is 23.7 Å². The van der Waals surface area contributed by atoms with E-state index in [0.29, 0.717) is 32.1 Å². The van der Waals surface area contributed by atoms with Crippen molar-refractivity contribution in [3.05, 3.63) is 12.2 Å². The minimum atomic E-state index is -1.38. The smallest absolute Gasteiger partial charge is 0.351 e. The van der Waals surface area contributed by atoms with E-state index in [1.165, 1.54) is 6.92 Å². The molecule has 4 fully saturated rings. The number of carboxylic acids is 1. The first-order valence-electron chi connectivity index (χ1n) is 9.28. The van der Waals surface area contributed by atoms with Gasteiger partial charge in [-0.3, -0.25) is 9.59 Å². The highest BCUT2D eigenvalue weighted by Crippen LogP contribution is 2.59. The topological polar surface area (TPSA) is 116 Å². The second kappa shape index (κ2) is 6.07. The highest BCUT2D eigenvalue weighted by molar-refractivity contribution is 5.91. The molecule has 3 saturated carbocycles. The molecule has 1 heterocycles. The summed E-state index contributed by atoms with van der Waals surface area (Å²) in [7, 11) is 0. The lowest BCUT2D eigenvalue weighted by atomic mass is 9.78. The van der Waals surface area contributed by atoms with Gasteiger partial charge in [-0.1, -0.05) is 6.58 Å². The Morgan fingerprint density at radius 1 is 1.22 bits per heavy atom. The first kappa shape index (κ1) is 18.0. The van der Waals surface area contributed by atoms with Crippen LogP contribution in [0.15, 0.2) is 12.2 Å². The van der Waals surface area contributed by atoms with E-state index in [-0.39, 0.29) is 11.5 Å². The number of hydrogen-bond donors (Lipinski definition) is 1. The Kier molecular flexibility index (Phi) is 4.05. The maximum absolute atomic E-state index is 13.0. The molecule has 0 aromatic carbocycles. The molecular formula is C19H22O8. The molecule has 0 radical (unpaired) electrons. The van der Waals surface area contributed by atoms with E-state index in [4.69, 9.17) is 14.2 Å². The number of aliphatic carboxylic acids is 1. The Bertz CT molecular complexity index is 734. The summed E-state index contributed by atoms with van der Waals surface area (Å²) in [5.41, 5.74) is -1.19. The fraction of sp³-hybridized carbons (Fsp3) is 0.684. The van der Waals surface area contributed by atoms with E-state index in [0.717, 1.165) is 0 Å². The molecule has 0 spiro atoms. The zero-order chi connectivity index (χ0) is 19.5. The molecule has 4 rings (SSSR count). The Morgan fingerprint density at radius 2 is 1.89 bits per heavy atom. The minimum Gasteiger partial charge on any atom is -0.481 e. The summed E-state index contributed by atoms with van der Waals surface area (Å²) < 4.78 is 16.5. The second-order valence-electron chi connectivity index (χ2n) is 8.10. The van der Waals surface area contributed by atoms with Gasteiger partial charge in [-0.25, -0.2) is 9.59 Å².